The van der Waals surface area contributed by atoms with Crippen LogP contribution in [0.2, 0.25) is 5.15 Å². The van der Waals surface area contributed by atoms with E-state index in [9.17, 15) is 4.79 Å². The second kappa shape index (κ2) is 5.54. The van der Waals surface area contributed by atoms with Crippen molar-refractivity contribution in [2.45, 2.75) is 31.9 Å². The maximum atomic E-state index is 12.1. The monoisotopic (exact) mass is 269 g/mol. The van der Waals surface area contributed by atoms with Gasteiger partial charge in [0.1, 0.15) is 5.15 Å². The van der Waals surface area contributed by atoms with Gasteiger partial charge in [0.2, 0.25) is 0 Å². The average molecular weight is 270 g/mol. The third kappa shape index (κ3) is 3.11. The molecule has 0 spiro atoms. The molecule has 2 rings (SSSR count). The van der Waals surface area contributed by atoms with Crippen molar-refractivity contribution in [1.82, 2.24) is 10.3 Å². The first-order valence-corrected chi connectivity index (χ1v) is 6.27. The minimum absolute atomic E-state index is 0.118. The molecule has 2 heterocycles. The Bertz CT molecular complexity index is 453. The first-order chi connectivity index (χ1) is 8.56. The summed E-state index contributed by atoms with van der Waals surface area (Å²) in [5.74, 6) is -0.212. The molecule has 1 amide bonds. The molecule has 5 nitrogen and oxygen atoms in total. The summed E-state index contributed by atoms with van der Waals surface area (Å²) in [7, 11) is 0. The SMILES string of the molecule is CC1CC(NC(=O)c2cc(Cl)ncc2N)CCO1. The van der Waals surface area contributed by atoms with E-state index in [4.69, 9.17) is 22.1 Å². The zero-order chi connectivity index (χ0) is 13.1. The zero-order valence-corrected chi connectivity index (χ0v) is 10.9. The Labute approximate surface area is 111 Å². The number of nitrogens with zero attached hydrogens (tertiary/aromatic N) is 1. The summed E-state index contributed by atoms with van der Waals surface area (Å²) in [6, 6.07) is 1.60. The standard InChI is InChI=1S/C12H16ClN3O2/c1-7-4-8(2-3-18-7)16-12(17)9-5-11(13)15-6-10(9)14/h5-8H,2-4,14H2,1H3,(H,16,17). The van der Waals surface area contributed by atoms with Crippen molar-refractivity contribution in [2.75, 3.05) is 12.3 Å². The number of pyridine rings is 1. The number of hydrogen-bond acceptors (Lipinski definition) is 4. The predicted molar refractivity (Wildman–Crippen MR) is 69.6 cm³/mol. The van der Waals surface area contributed by atoms with Gasteiger partial charge in [-0.25, -0.2) is 4.98 Å². The molecule has 1 aliphatic rings. The largest absolute Gasteiger partial charge is 0.397 e. The number of nitrogen functional groups attached to an aromatic ring is 1. The van der Waals surface area contributed by atoms with E-state index in [-0.39, 0.29) is 23.2 Å². The number of halogens is 1. The number of rotatable bonds is 2. The van der Waals surface area contributed by atoms with Crippen LogP contribution in [-0.4, -0.2) is 29.6 Å². The maximum Gasteiger partial charge on any atom is 0.253 e. The van der Waals surface area contributed by atoms with Gasteiger partial charge in [0.25, 0.3) is 5.91 Å². The van der Waals surface area contributed by atoms with Crippen LogP contribution in [0.4, 0.5) is 5.69 Å². The molecule has 2 unspecified atom stereocenters. The van der Waals surface area contributed by atoms with Crippen molar-refractivity contribution in [3.63, 3.8) is 0 Å². The highest BCUT2D eigenvalue weighted by atomic mass is 35.5. The second-order valence-corrected chi connectivity index (χ2v) is 4.86. The van der Waals surface area contributed by atoms with Gasteiger partial charge in [0, 0.05) is 12.6 Å². The number of carbonyl (C=O) groups is 1. The lowest BCUT2D eigenvalue weighted by molar-refractivity contribution is 0.0137. The van der Waals surface area contributed by atoms with E-state index in [1.807, 2.05) is 6.92 Å². The van der Waals surface area contributed by atoms with Crippen LogP contribution >= 0.6 is 11.6 Å². The van der Waals surface area contributed by atoms with Crippen molar-refractivity contribution in [2.24, 2.45) is 0 Å². The lowest BCUT2D eigenvalue weighted by Crippen LogP contribution is -2.41. The van der Waals surface area contributed by atoms with Crippen molar-refractivity contribution in [3.05, 3.63) is 23.0 Å². The van der Waals surface area contributed by atoms with Gasteiger partial charge in [-0.3, -0.25) is 4.79 Å². The van der Waals surface area contributed by atoms with Gasteiger partial charge in [-0.1, -0.05) is 11.6 Å². The number of hydrogen-bond donors (Lipinski definition) is 2. The molecular weight excluding hydrogens is 254 g/mol. The quantitative estimate of drug-likeness (QED) is 0.800. The van der Waals surface area contributed by atoms with Gasteiger partial charge in [0.05, 0.1) is 23.6 Å². The highest BCUT2D eigenvalue weighted by Gasteiger charge is 2.22. The van der Waals surface area contributed by atoms with Crippen LogP contribution in [0, 0.1) is 0 Å². The van der Waals surface area contributed by atoms with Gasteiger partial charge in [-0.15, -0.1) is 0 Å². The van der Waals surface area contributed by atoms with Crippen LogP contribution in [0.1, 0.15) is 30.1 Å². The Balaban J connectivity index is 2.05. The van der Waals surface area contributed by atoms with Crippen molar-refractivity contribution < 1.29 is 9.53 Å². The molecule has 1 aromatic rings. The van der Waals surface area contributed by atoms with Crippen LogP contribution in [-0.2, 0) is 4.74 Å². The summed E-state index contributed by atoms with van der Waals surface area (Å²) in [4.78, 5) is 15.9. The van der Waals surface area contributed by atoms with Gasteiger partial charge in [0.15, 0.2) is 0 Å². The fraction of sp³-hybridized carbons (Fsp3) is 0.500. The summed E-state index contributed by atoms with van der Waals surface area (Å²) in [6.45, 7) is 2.66. The summed E-state index contributed by atoms with van der Waals surface area (Å²) in [6.07, 6.45) is 3.19. The molecule has 1 fully saturated rings. The molecule has 2 atom stereocenters. The molecule has 1 saturated heterocycles. The number of nitrogens with two attached hydrogens (primary N) is 1. The fourth-order valence-electron chi connectivity index (χ4n) is 2.03. The molecule has 0 bridgehead atoms. The molecule has 98 valence electrons. The van der Waals surface area contributed by atoms with E-state index >= 15 is 0 Å². The maximum absolute atomic E-state index is 12.1. The fourth-order valence-corrected chi connectivity index (χ4v) is 2.19. The van der Waals surface area contributed by atoms with Crippen molar-refractivity contribution in [3.8, 4) is 0 Å². The first kappa shape index (κ1) is 13.1. The van der Waals surface area contributed by atoms with Crippen LogP contribution in [0.25, 0.3) is 0 Å². The van der Waals surface area contributed by atoms with E-state index in [0.29, 0.717) is 17.9 Å². The third-order valence-electron chi connectivity index (χ3n) is 2.97. The van der Waals surface area contributed by atoms with E-state index in [2.05, 4.69) is 10.3 Å². The van der Waals surface area contributed by atoms with E-state index in [1.54, 1.807) is 0 Å². The van der Waals surface area contributed by atoms with Crippen molar-refractivity contribution >= 4 is 23.2 Å². The lowest BCUT2D eigenvalue weighted by atomic mass is 10.0. The Morgan fingerprint density at radius 1 is 1.67 bits per heavy atom. The van der Waals surface area contributed by atoms with Gasteiger partial charge < -0.3 is 15.8 Å². The Morgan fingerprint density at radius 2 is 2.44 bits per heavy atom. The third-order valence-corrected chi connectivity index (χ3v) is 3.17. The molecule has 0 radical (unpaired) electrons. The van der Waals surface area contributed by atoms with Gasteiger partial charge in [-0.05, 0) is 25.8 Å². The summed E-state index contributed by atoms with van der Waals surface area (Å²) < 4.78 is 5.43. The first-order valence-electron chi connectivity index (χ1n) is 5.89. The lowest BCUT2D eigenvalue weighted by Gasteiger charge is -2.28. The van der Waals surface area contributed by atoms with E-state index in [0.717, 1.165) is 12.8 Å². The average Bonchev–Trinajstić information content (AvgIpc) is 2.32. The normalized spacial score (nSPS) is 23.7. The van der Waals surface area contributed by atoms with E-state index < -0.39 is 0 Å². The molecule has 1 aliphatic heterocycles. The number of anilines is 1. The van der Waals surface area contributed by atoms with Crippen molar-refractivity contribution in [1.29, 1.82) is 0 Å². The Morgan fingerprint density at radius 3 is 3.17 bits per heavy atom. The van der Waals surface area contributed by atoms with Crippen LogP contribution in [0.3, 0.4) is 0 Å². The van der Waals surface area contributed by atoms with Gasteiger partial charge >= 0.3 is 0 Å². The smallest absolute Gasteiger partial charge is 0.253 e. The minimum Gasteiger partial charge on any atom is -0.397 e. The molecule has 18 heavy (non-hydrogen) atoms. The summed E-state index contributed by atoms with van der Waals surface area (Å²) in [5.41, 5.74) is 6.42. The number of carbonyl (C=O) groups excluding carboxylic acids is 1. The molecule has 0 aromatic carbocycles. The minimum atomic E-state index is -0.212. The van der Waals surface area contributed by atoms with Crippen LogP contribution in [0.15, 0.2) is 12.3 Å². The zero-order valence-electron chi connectivity index (χ0n) is 10.1. The Hall–Kier alpha value is -1.33. The van der Waals surface area contributed by atoms with E-state index in [1.165, 1.54) is 12.3 Å². The highest BCUT2D eigenvalue weighted by Crippen LogP contribution is 2.17. The van der Waals surface area contributed by atoms with Crippen LogP contribution in [0.5, 0.6) is 0 Å². The molecule has 6 heteroatoms. The summed E-state index contributed by atoms with van der Waals surface area (Å²) in [5, 5.41) is 3.21. The highest BCUT2D eigenvalue weighted by molar-refractivity contribution is 6.29. The number of amides is 1. The molecular formula is C12H16ClN3O2. The molecule has 0 aliphatic carbocycles. The molecule has 1 aromatic heterocycles. The second-order valence-electron chi connectivity index (χ2n) is 4.47. The Kier molecular flexibility index (Phi) is 4.04. The number of nitrogens with one attached hydrogen (secondary N) is 1. The molecule has 0 saturated carbocycles. The number of aromatic nitrogens is 1. The van der Waals surface area contributed by atoms with Gasteiger partial charge in [-0.2, -0.15) is 0 Å². The molecule has 3 N–H and O–H groups in total. The number of ether oxygens (including phenoxy) is 1. The summed E-state index contributed by atoms with van der Waals surface area (Å²) >= 11 is 5.76. The topological polar surface area (TPSA) is 77.2 Å². The predicted octanol–water partition coefficient (Wildman–Crippen LogP) is 1.61. The van der Waals surface area contributed by atoms with Crippen LogP contribution < -0.4 is 11.1 Å².